The Morgan fingerprint density at radius 3 is 2.64 bits per heavy atom. The minimum atomic E-state index is -1.09. The van der Waals surface area contributed by atoms with Gasteiger partial charge >= 0.3 is 5.97 Å². The Labute approximate surface area is 135 Å². The summed E-state index contributed by atoms with van der Waals surface area (Å²) in [5.74, 6) is -1.33. The lowest BCUT2D eigenvalue weighted by Crippen LogP contribution is -2.09. The zero-order chi connectivity index (χ0) is 16.1. The average molecular weight is 342 g/mol. The molecule has 0 spiro atoms. The van der Waals surface area contributed by atoms with Gasteiger partial charge in [-0.15, -0.1) is 0 Å². The van der Waals surface area contributed by atoms with E-state index in [1.54, 1.807) is 18.2 Å². The molecule has 2 rings (SSSR count). The van der Waals surface area contributed by atoms with Gasteiger partial charge in [-0.1, -0.05) is 23.2 Å². The number of benzene rings is 2. The van der Waals surface area contributed by atoms with Crippen LogP contribution in [0.5, 0.6) is 5.75 Å². The summed E-state index contributed by atoms with van der Waals surface area (Å²) in [5.41, 5.74) is 1.17. The van der Waals surface area contributed by atoms with E-state index in [1.165, 1.54) is 24.4 Å². The van der Waals surface area contributed by atoms with Crippen molar-refractivity contribution in [1.82, 2.24) is 0 Å². The van der Waals surface area contributed by atoms with Crippen LogP contribution in [0.15, 0.2) is 41.4 Å². The summed E-state index contributed by atoms with van der Waals surface area (Å²) in [6.07, 6.45) is 1.52. The van der Waals surface area contributed by atoms with Crippen molar-refractivity contribution in [3.8, 4) is 5.75 Å². The highest BCUT2D eigenvalue weighted by Gasteiger charge is 2.05. The van der Waals surface area contributed by atoms with Gasteiger partial charge in [0.1, 0.15) is 11.6 Å². The highest BCUT2D eigenvalue weighted by Crippen LogP contribution is 2.26. The first kappa shape index (κ1) is 16.3. The minimum Gasteiger partial charge on any atom is -0.480 e. The summed E-state index contributed by atoms with van der Waals surface area (Å²) in [6, 6.07) is 8.91. The molecule has 0 aromatic heterocycles. The molecule has 7 heteroatoms. The quantitative estimate of drug-likeness (QED) is 0.822. The van der Waals surface area contributed by atoms with Gasteiger partial charge in [-0.3, -0.25) is 4.99 Å². The van der Waals surface area contributed by atoms with Gasteiger partial charge in [-0.25, -0.2) is 9.18 Å². The number of ether oxygens (including phenoxy) is 1. The second kappa shape index (κ2) is 7.24. The van der Waals surface area contributed by atoms with E-state index in [1.807, 2.05) is 0 Å². The molecule has 0 saturated heterocycles. The maximum atomic E-state index is 13.0. The van der Waals surface area contributed by atoms with Crippen LogP contribution in [-0.2, 0) is 4.79 Å². The second-order valence-corrected chi connectivity index (χ2v) is 5.04. The van der Waals surface area contributed by atoms with E-state index >= 15 is 0 Å². The van der Waals surface area contributed by atoms with Gasteiger partial charge in [0.2, 0.25) is 0 Å². The largest absolute Gasteiger partial charge is 0.480 e. The summed E-state index contributed by atoms with van der Waals surface area (Å²) in [6.45, 7) is -0.471. The van der Waals surface area contributed by atoms with Crippen molar-refractivity contribution >= 4 is 41.1 Å². The molecule has 2 aromatic carbocycles. The van der Waals surface area contributed by atoms with Crippen LogP contribution in [0.1, 0.15) is 5.56 Å². The van der Waals surface area contributed by atoms with Gasteiger partial charge in [-0.05, 0) is 42.0 Å². The number of halogens is 3. The summed E-state index contributed by atoms with van der Waals surface area (Å²) in [4.78, 5) is 14.6. The summed E-state index contributed by atoms with van der Waals surface area (Å²) in [7, 11) is 0. The molecule has 0 aliphatic rings. The number of hydrogen-bond donors (Lipinski definition) is 1. The number of hydrogen-bond acceptors (Lipinski definition) is 3. The number of aliphatic carboxylic acids is 1. The third-order valence-electron chi connectivity index (χ3n) is 2.57. The molecule has 114 valence electrons. The molecule has 0 radical (unpaired) electrons. The molecule has 1 N–H and O–H groups in total. The normalized spacial score (nSPS) is 10.9. The SMILES string of the molecule is O=C(O)COc1ccc(C=Nc2ccc(F)c(Cl)c2)cc1Cl. The molecule has 0 unspecified atom stereocenters. The molecule has 2 aromatic rings. The molecule has 0 bridgehead atoms. The zero-order valence-electron chi connectivity index (χ0n) is 11.1. The van der Waals surface area contributed by atoms with Crippen molar-refractivity contribution in [3.63, 3.8) is 0 Å². The topological polar surface area (TPSA) is 58.9 Å². The van der Waals surface area contributed by atoms with E-state index in [-0.39, 0.29) is 15.8 Å². The molecule has 0 heterocycles. The van der Waals surface area contributed by atoms with Gasteiger partial charge in [-0.2, -0.15) is 0 Å². The van der Waals surface area contributed by atoms with Crippen LogP contribution in [0.4, 0.5) is 10.1 Å². The molecule has 0 amide bonds. The van der Waals surface area contributed by atoms with Crippen molar-refractivity contribution in [2.75, 3.05) is 6.61 Å². The molecule has 0 saturated carbocycles. The van der Waals surface area contributed by atoms with Crippen LogP contribution in [0, 0.1) is 5.82 Å². The van der Waals surface area contributed by atoms with E-state index < -0.39 is 18.4 Å². The predicted molar refractivity (Wildman–Crippen MR) is 83.2 cm³/mol. The summed E-state index contributed by atoms with van der Waals surface area (Å²) in [5, 5.41) is 8.80. The fraction of sp³-hybridized carbons (Fsp3) is 0.0667. The number of carboxylic acid groups (broad SMARTS) is 1. The standard InChI is InChI=1S/C15H10Cl2FNO3/c16-11-6-10(2-3-13(11)18)19-7-9-1-4-14(12(17)5-9)22-8-15(20)21/h1-7H,8H2,(H,20,21). The summed E-state index contributed by atoms with van der Waals surface area (Å²) < 4.78 is 18.0. The van der Waals surface area contributed by atoms with Crippen molar-refractivity contribution in [2.45, 2.75) is 0 Å². The van der Waals surface area contributed by atoms with Crippen molar-refractivity contribution in [3.05, 3.63) is 57.8 Å². The van der Waals surface area contributed by atoms with E-state index in [0.717, 1.165) is 0 Å². The second-order valence-electron chi connectivity index (χ2n) is 4.23. The smallest absolute Gasteiger partial charge is 0.341 e. The van der Waals surface area contributed by atoms with Crippen molar-refractivity contribution in [1.29, 1.82) is 0 Å². The first-order valence-corrected chi connectivity index (χ1v) is 6.84. The number of nitrogens with zero attached hydrogens (tertiary/aromatic N) is 1. The van der Waals surface area contributed by atoms with Gasteiger partial charge in [0, 0.05) is 6.21 Å². The van der Waals surface area contributed by atoms with Gasteiger partial charge in [0.05, 0.1) is 15.7 Å². The van der Waals surface area contributed by atoms with E-state index in [2.05, 4.69) is 4.99 Å². The molecule has 0 atom stereocenters. The van der Waals surface area contributed by atoms with Gasteiger partial charge in [0.25, 0.3) is 0 Å². The molecule has 0 fully saturated rings. The molecular formula is C15H10Cl2FNO3. The van der Waals surface area contributed by atoms with Gasteiger partial charge < -0.3 is 9.84 Å². The van der Waals surface area contributed by atoms with Crippen LogP contribution >= 0.6 is 23.2 Å². The fourth-order valence-electron chi connectivity index (χ4n) is 1.57. The molecular weight excluding hydrogens is 332 g/mol. The first-order valence-electron chi connectivity index (χ1n) is 6.09. The van der Waals surface area contributed by atoms with E-state index in [9.17, 15) is 9.18 Å². The van der Waals surface area contributed by atoms with E-state index in [0.29, 0.717) is 11.3 Å². The van der Waals surface area contributed by atoms with Crippen molar-refractivity contribution in [2.24, 2.45) is 4.99 Å². The molecule has 4 nitrogen and oxygen atoms in total. The molecule has 22 heavy (non-hydrogen) atoms. The number of carboxylic acids is 1. The Morgan fingerprint density at radius 2 is 2.00 bits per heavy atom. The molecule has 0 aliphatic heterocycles. The van der Waals surface area contributed by atoms with Crippen LogP contribution in [0.2, 0.25) is 10.0 Å². The Hall–Kier alpha value is -2.11. The monoisotopic (exact) mass is 341 g/mol. The Bertz CT molecular complexity index is 735. The fourth-order valence-corrected chi connectivity index (χ4v) is 1.99. The first-order chi connectivity index (χ1) is 10.5. The Balaban J connectivity index is 2.12. The van der Waals surface area contributed by atoms with Crippen LogP contribution in [-0.4, -0.2) is 23.9 Å². The lowest BCUT2D eigenvalue weighted by atomic mass is 10.2. The molecule has 0 aliphatic carbocycles. The number of carbonyl (C=O) groups is 1. The summed E-state index contributed by atoms with van der Waals surface area (Å²) >= 11 is 11.7. The zero-order valence-corrected chi connectivity index (χ0v) is 12.6. The van der Waals surface area contributed by atoms with E-state index in [4.69, 9.17) is 33.0 Å². The predicted octanol–water partition coefficient (Wildman–Crippen LogP) is 4.35. The van der Waals surface area contributed by atoms with Crippen molar-refractivity contribution < 1.29 is 19.0 Å². The Morgan fingerprint density at radius 1 is 1.23 bits per heavy atom. The number of rotatable bonds is 5. The third kappa shape index (κ3) is 4.44. The highest BCUT2D eigenvalue weighted by atomic mass is 35.5. The lowest BCUT2D eigenvalue weighted by Gasteiger charge is -2.05. The maximum Gasteiger partial charge on any atom is 0.341 e. The maximum absolute atomic E-state index is 13.0. The number of aliphatic imine (C=N–C) groups is 1. The average Bonchev–Trinajstić information content (AvgIpc) is 2.47. The minimum absolute atomic E-state index is 0.00917. The highest BCUT2D eigenvalue weighted by molar-refractivity contribution is 6.32. The lowest BCUT2D eigenvalue weighted by molar-refractivity contribution is -0.139. The van der Waals surface area contributed by atoms with Crippen LogP contribution in [0.25, 0.3) is 0 Å². The third-order valence-corrected chi connectivity index (χ3v) is 3.16. The van der Waals surface area contributed by atoms with Gasteiger partial charge in [0.15, 0.2) is 6.61 Å². The van der Waals surface area contributed by atoms with Crippen LogP contribution < -0.4 is 4.74 Å². The van der Waals surface area contributed by atoms with Crippen LogP contribution in [0.3, 0.4) is 0 Å². The Kier molecular flexibility index (Phi) is 5.35.